The Bertz CT molecular complexity index is 904. The van der Waals surface area contributed by atoms with Crippen LogP contribution in [-0.2, 0) is 17.5 Å². The number of methoxy groups -OCH3 is 1. The van der Waals surface area contributed by atoms with Crippen molar-refractivity contribution in [3.8, 4) is 5.75 Å². The standard InChI is InChI=1S/C24H27F3N2O3/c1-32-21-11-7-19(8-12-21)22(30)3-2-4-23(31)29-15-13-28(14-16-29)17-18-5-9-20(10-6-18)24(25,26)27/h5-12H,2-4,13-17H2,1H3. The molecule has 32 heavy (non-hydrogen) atoms. The van der Waals surface area contributed by atoms with Crippen LogP contribution in [-0.4, -0.2) is 54.8 Å². The number of rotatable bonds is 8. The summed E-state index contributed by atoms with van der Waals surface area (Å²) < 4.78 is 43.1. The number of alkyl halides is 3. The molecule has 2 aromatic rings. The topological polar surface area (TPSA) is 49.9 Å². The molecule has 2 aromatic carbocycles. The molecule has 3 rings (SSSR count). The number of piperazine rings is 1. The number of carbonyl (C=O) groups is 2. The summed E-state index contributed by atoms with van der Waals surface area (Å²) in [6.45, 7) is 3.03. The maximum Gasteiger partial charge on any atom is 0.416 e. The highest BCUT2D eigenvalue weighted by molar-refractivity contribution is 5.96. The zero-order chi connectivity index (χ0) is 23.1. The zero-order valence-corrected chi connectivity index (χ0v) is 18.0. The van der Waals surface area contributed by atoms with Gasteiger partial charge in [-0.05, 0) is 48.4 Å². The first-order valence-corrected chi connectivity index (χ1v) is 10.6. The first-order valence-electron chi connectivity index (χ1n) is 10.6. The van der Waals surface area contributed by atoms with E-state index in [-0.39, 0.29) is 11.7 Å². The Morgan fingerprint density at radius 2 is 1.53 bits per heavy atom. The molecular weight excluding hydrogens is 421 g/mol. The largest absolute Gasteiger partial charge is 0.497 e. The second-order valence-electron chi connectivity index (χ2n) is 7.86. The van der Waals surface area contributed by atoms with Crippen molar-refractivity contribution < 1.29 is 27.5 Å². The minimum atomic E-state index is -4.33. The molecule has 1 aliphatic rings. The van der Waals surface area contributed by atoms with Gasteiger partial charge in [0.1, 0.15) is 5.75 Å². The van der Waals surface area contributed by atoms with Crippen LogP contribution >= 0.6 is 0 Å². The molecule has 0 saturated carbocycles. The number of carbonyl (C=O) groups excluding carboxylic acids is 2. The Morgan fingerprint density at radius 3 is 2.09 bits per heavy atom. The quantitative estimate of drug-likeness (QED) is 0.562. The second-order valence-corrected chi connectivity index (χ2v) is 7.86. The summed E-state index contributed by atoms with van der Waals surface area (Å²) in [5.74, 6) is 0.720. The number of nitrogens with zero attached hydrogens (tertiary/aromatic N) is 2. The maximum absolute atomic E-state index is 12.7. The minimum Gasteiger partial charge on any atom is -0.497 e. The van der Waals surface area contributed by atoms with Crippen LogP contribution < -0.4 is 4.74 Å². The SMILES string of the molecule is COc1ccc(C(=O)CCCC(=O)N2CCN(Cc3ccc(C(F)(F)F)cc3)CC2)cc1. The van der Waals surface area contributed by atoms with E-state index in [1.165, 1.54) is 12.1 Å². The Kier molecular flexibility index (Phi) is 7.90. The number of ketones is 1. The Labute approximate surface area is 185 Å². The van der Waals surface area contributed by atoms with Gasteiger partial charge in [0.05, 0.1) is 12.7 Å². The fourth-order valence-corrected chi connectivity index (χ4v) is 3.69. The molecule has 0 aliphatic carbocycles. The van der Waals surface area contributed by atoms with E-state index in [2.05, 4.69) is 4.90 Å². The number of amides is 1. The van der Waals surface area contributed by atoms with Gasteiger partial charge in [0, 0.05) is 51.1 Å². The number of benzene rings is 2. The molecule has 0 atom stereocenters. The highest BCUT2D eigenvalue weighted by atomic mass is 19.4. The lowest BCUT2D eigenvalue weighted by molar-refractivity contribution is -0.137. The average molecular weight is 448 g/mol. The molecule has 5 nitrogen and oxygen atoms in total. The van der Waals surface area contributed by atoms with Crippen LogP contribution in [0.5, 0.6) is 5.75 Å². The summed E-state index contributed by atoms with van der Waals surface area (Å²) in [4.78, 5) is 28.6. The van der Waals surface area contributed by atoms with Crippen molar-refractivity contribution in [2.24, 2.45) is 0 Å². The van der Waals surface area contributed by atoms with E-state index in [0.717, 1.165) is 17.7 Å². The summed E-state index contributed by atoms with van der Waals surface area (Å²) in [6.07, 6.45) is -3.20. The first-order chi connectivity index (χ1) is 15.3. The van der Waals surface area contributed by atoms with E-state index < -0.39 is 11.7 Å². The molecule has 0 aromatic heterocycles. The van der Waals surface area contributed by atoms with Crippen LogP contribution in [0.15, 0.2) is 48.5 Å². The third-order valence-corrected chi connectivity index (χ3v) is 5.62. The van der Waals surface area contributed by atoms with Gasteiger partial charge in [0.2, 0.25) is 5.91 Å². The molecule has 0 radical (unpaired) electrons. The van der Waals surface area contributed by atoms with E-state index in [1.54, 1.807) is 36.3 Å². The second kappa shape index (κ2) is 10.6. The molecule has 0 spiro atoms. The summed E-state index contributed by atoms with van der Waals surface area (Å²) in [5, 5.41) is 0. The molecule has 8 heteroatoms. The van der Waals surface area contributed by atoms with Crippen molar-refractivity contribution in [3.63, 3.8) is 0 Å². The van der Waals surface area contributed by atoms with Gasteiger partial charge < -0.3 is 9.64 Å². The molecule has 0 bridgehead atoms. The van der Waals surface area contributed by atoms with E-state index >= 15 is 0 Å². The van der Waals surface area contributed by atoms with Crippen LogP contribution in [0.4, 0.5) is 13.2 Å². The molecule has 1 fully saturated rings. The number of hydrogen-bond acceptors (Lipinski definition) is 4. The van der Waals surface area contributed by atoms with Crippen molar-refractivity contribution in [1.29, 1.82) is 0 Å². The van der Waals surface area contributed by atoms with Crippen LogP contribution in [0.25, 0.3) is 0 Å². The lowest BCUT2D eigenvalue weighted by Crippen LogP contribution is -2.48. The summed E-state index contributed by atoms with van der Waals surface area (Å²) in [7, 11) is 1.57. The van der Waals surface area contributed by atoms with E-state index in [0.29, 0.717) is 63.3 Å². The normalized spacial score (nSPS) is 14.9. The van der Waals surface area contributed by atoms with Gasteiger partial charge in [-0.3, -0.25) is 14.5 Å². The fourth-order valence-electron chi connectivity index (χ4n) is 3.69. The molecule has 1 heterocycles. The van der Waals surface area contributed by atoms with Crippen molar-refractivity contribution in [3.05, 3.63) is 65.2 Å². The molecule has 172 valence electrons. The Balaban J connectivity index is 1.38. The summed E-state index contributed by atoms with van der Waals surface area (Å²) >= 11 is 0. The van der Waals surface area contributed by atoms with Crippen LogP contribution in [0.1, 0.15) is 40.7 Å². The van der Waals surface area contributed by atoms with Crippen molar-refractivity contribution in [2.75, 3.05) is 33.3 Å². The predicted octanol–water partition coefficient (Wildman–Crippen LogP) is 4.41. The third kappa shape index (κ3) is 6.56. The average Bonchev–Trinajstić information content (AvgIpc) is 2.79. The summed E-state index contributed by atoms with van der Waals surface area (Å²) in [6, 6.07) is 12.1. The van der Waals surface area contributed by atoms with Gasteiger partial charge in [0.15, 0.2) is 5.78 Å². The van der Waals surface area contributed by atoms with Crippen molar-refractivity contribution in [1.82, 2.24) is 9.80 Å². The van der Waals surface area contributed by atoms with Gasteiger partial charge in [-0.25, -0.2) is 0 Å². The van der Waals surface area contributed by atoms with E-state index in [9.17, 15) is 22.8 Å². The van der Waals surface area contributed by atoms with Gasteiger partial charge >= 0.3 is 6.18 Å². The van der Waals surface area contributed by atoms with Crippen molar-refractivity contribution >= 4 is 11.7 Å². The molecule has 1 aliphatic heterocycles. The van der Waals surface area contributed by atoms with Gasteiger partial charge in [0.25, 0.3) is 0 Å². The molecule has 1 saturated heterocycles. The number of halogens is 3. The monoisotopic (exact) mass is 448 g/mol. The molecular formula is C24H27F3N2O3. The Morgan fingerprint density at radius 1 is 0.906 bits per heavy atom. The van der Waals surface area contributed by atoms with Crippen molar-refractivity contribution in [2.45, 2.75) is 32.0 Å². The predicted molar refractivity (Wildman–Crippen MR) is 114 cm³/mol. The van der Waals surface area contributed by atoms with Crippen LogP contribution in [0.3, 0.4) is 0 Å². The Hall–Kier alpha value is -2.87. The highest BCUT2D eigenvalue weighted by Crippen LogP contribution is 2.29. The zero-order valence-electron chi connectivity index (χ0n) is 18.0. The lowest BCUT2D eigenvalue weighted by Gasteiger charge is -2.35. The third-order valence-electron chi connectivity index (χ3n) is 5.62. The van der Waals surface area contributed by atoms with Gasteiger partial charge in [-0.1, -0.05) is 12.1 Å². The number of Topliss-reactive ketones (excluding diaryl/α,β-unsaturated/α-hetero) is 1. The van der Waals surface area contributed by atoms with Crippen LogP contribution in [0.2, 0.25) is 0 Å². The molecule has 1 amide bonds. The summed E-state index contributed by atoms with van der Waals surface area (Å²) in [5.41, 5.74) is 0.770. The molecule has 0 N–H and O–H groups in total. The number of ether oxygens (including phenoxy) is 1. The fraction of sp³-hybridized carbons (Fsp3) is 0.417. The molecule has 0 unspecified atom stereocenters. The van der Waals surface area contributed by atoms with E-state index in [4.69, 9.17) is 4.74 Å². The maximum atomic E-state index is 12.7. The number of hydrogen-bond donors (Lipinski definition) is 0. The minimum absolute atomic E-state index is 0.00168. The highest BCUT2D eigenvalue weighted by Gasteiger charge is 2.30. The van der Waals surface area contributed by atoms with E-state index in [1.807, 2.05) is 0 Å². The lowest BCUT2D eigenvalue weighted by atomic mass is 10.0. The van der Waals surface area contributed by atoms with Gasteiger partial charge in [-0.2, -0.15) is 13.2 Å². The van der Waals surface area contributed by atoms with Gasteiger partial charge in [-0.15, -0.1) is 0 Å². The van der Waals surface area contributed by atoms with Crippen LogP contribution in [0, 0.1) is 0 Å². The first kappa shape index (κ1) is 23.8. The smallest absolute Gasteiger partial charge is 0.416 e.